The van der Waals surface area contributed by atoms with Crippen LogP contribution in [0.3, 0.4) is 0 Å². The van der Waals surface area contributed by atoms with Gasteiger partial charge in [0, 0.05) is 25.3 Å². The van der Waals surface area contributed by atoms with Crippen LogP contribution in [0.1, 0.15) is 19.4 Å². The molecule has 0 aromatic heterocycles. The third-order valence-electron chi connectivity index (χ3n) is 3.80. The van der Waals surface area contributed by atoms with Crippen molar-refractivity contribution in [1.82, 2.24) is 4.90 Å². The van der Waals surface area contributed by atoms with Crippen molar-refractivity contribution >= 4 is 11.7 Å². The van der Waals surface area contributed by atoms with Crippen LogP contribution in [-0.2, 0) is 20.7 Å². The van der Waals surface area contributed by atoms with Crippen LogP contribution in [0.4, 0.5) is 5.69 Å². The lowest BCUT2D eigenvalue weighted by molar-refractivity contribution is -0.143. The predicted molar refractivity (Wildman–Crippen MR) is 87.1 cm³/mol. The van der Waals surface area contributed by atoms with Gasteiger partial charge in [-0.3, -0.25) is 4.90 Å². The number of carbonyl (C=O) groups excluding carboxylic acids is 1. The Morgan fingerprint density at radius 2 is 2.00 bits per heavy atom. The van der Waals surface area contributed by atoms with Gasteiger partial charge in [0.05, 0.1) is 19.8 Å². The molecule has 5 nitrogen and oxygen atoms in total. The van der Waals surface area contributed by atoms with Crippen LogP contribution in [-0.4, -0.2) is 56.4 Å². The number of ether oxygens (including phenoxy) is 2. The Kier molecular flexibility index (Phi) is 6.68. The zero-order valence-electron chi connectivity index (χ0n) is 13.5. The Hall–Kier alpha value is -1.59. The molecule has 1 aliphatic heterocycles. The smallest absolute Gasteiger partial charge is 0.328 e. The summed E-state index contributed by atoms with van der Waals surface area (Å²) in [7, 11) is 0. The summed E-state index contributed by atoms with van der Waals surface area (Å²) < 4.78 is 10.3. The average molecular weight is 306 g/mol. The number of esters is 1. The largest absolute Gasteiger partial charge is 0.464 e. The Balaban J connectivity index is 1.78. The first-order chi connectivity index (χ1) is 10.7. The maximum Gasteiger partial charge on any atom is 0.328 e. The number of hydrogen-bond donors (Lipinski definition) is 1. The van der Waals surface area contributed by atoms with E-state index in [1.807, 2.05) is 26.0 Å². The van der Waals surface area contributed by atoms with Crippen molar-refractivity contribution in [3.63, 3.8) is 0 Å². The van der Waals surface area contributed by atoms with Crippen LogP contribution in [0.15, 0.2) is 24.3 Å². The lowest BCUT2D eigenvalue weighted by atomic mass is 10.1. The van der Waals surface area contributed by atoms with E-state index in [0.717, 1.165) is 45.0 Å². The maximum atomic E-state index is 11.6. The van der Waals surface area contributed by atoms with E-state index in [4.69, 9.17) is 9.47 Å². The van der Waals surface area contributed by atoms with Gasteiger partial charge in [-0.15, -0.1) is 0 Å². The van der Waals surface area contributed by atoms with Crippen molar-refractivity contribution in [2.45, 2.75) is 26.3 Å². The molecule has 1 atom stereocenters. The van der Waals surface area contributed by atoms with Gasteiger partial charge in [0.2, 0.25) is 0 Å². The second-order valence-corrected chi connectivity index (χ2v) is 5.52. The number of hydrogen-bond acceptors (Lipinski definition) is 5. The minimum atomic E-state index is -0.334. The minimum absolute atomic E-state index is 0.223. The van der Waals surface area contributed by atoms with Gasteiger partial charge in [0.1, 0.15) is 6.04 Å². The fraction of sp³-hybridized carbons (Fsp3) is 0.588. The van der Waals surface area contributed by atoms with Gasteiger partial charge in [0.25, 0.3) is 0 Å². The summed E-state index contributed by atoms with van der Waals surface area (Å²) in [6, 6.07) is 7.93. The molecule has 0 radical (unpaired) electrons. The molecular formula is C17H26N2O3. The van der Waals surface area contributed by atoms with Crippen LogP contribution in [0.5, 0.6) is 0 Å². The number of anilines is 1. The zero-order chi connectivity index (χ0) is 15.8. The highest BCUT2D eigenvalue weighted by molar-refractivity contribution is 5.78. The molecule has 1 aromatic rings. The molecule has 1 aromatic carbocycles. The summed E-state index contributed by atoms with van der Waals surface area (Å²) >= 11 is 0. The molecule has 0 amide bonds. The first-order valence-electron chi connectivity index (χ1n) is 8.01. The quantitative estimate of drug-likeness (QED) is 0.780. The van der Waals surface area contributed by atoms with Crippen molar-refractivity contribution in [3.05, 3.63) is 29.8 Å². The first-order valence-corrected chi connectivity index (χ1v) is 8.01. The van der Waals surface area contributed by atoms with E-state index in [0.29, 0.717) is 6.61 Å². The van der Waals surface area contributed by atoms with Crippen molar-refractivity contribution in [2.24, 2.45) is 0 Å². The Labute approximate surface area is 132 Å². The summed E-state index contributed by atoms with van der Waals surface area (Å²) in [5.74, 6) is -0.223. The van der Waals surface area contributed by atoms with Crippen molar-refractivity contribution in [1.29, 1.82) is 0 Å². The number of benzene rings is 1. The number of rotatable bonds is 7. The molecule has 1 aliphatic rings. The number of nitrogens with zero attached hydrogens (tertiary/aromatic N) is 1. The molecule has 0 unspecified atom stereocenters. The molecule has 1 saturated heterocycles. The molecule has 0 bridgehead atoms. The predicted octanol–water partition coefficient (Wildman–Crippen LogP) is 1.92. The fourth-order valence-electron chi connectivity index (χ4n) is 2.46. The van der Waals surface area contributed by atoms with E-state index in [2.05, 4.69) is 22.3 Å². The van der Waals surface area contributed by atoms with Crippen LogP contribution < -0.4 is 5.32 Å². The van der Waals surface area contributed by atoms with E-state index in [9.17, 15) is 4.79 Å². The van der Waals surface area contributed by atoms with Gasteiger partial charge in [-0.05, 0) is 38.0 Å². The summed E-state index contributed by atoms with van der Waals surface area (Å²) in [6.45, 7) is 8.83. The van der Waals surface area contributed by atoms with Gasteiger partial charge in [-0.1, -0.05) is 12.1 Å². The summed E-state index contributed by atoms with van der Waals surface area (Å²) in [4.78, 5) is 14.0. The monoisotopic (exact) mass is 306 g/mol. The van der Waals surface area contributed by atoms with E-state index in [1.54, 1.807) is 0 Å². The van der Waals surface area contributed by atoms with E-state index < -0.39 is 0 Å². The first kappa shape index (κ1) is 16.8. The van der Waals surface area contributed by atoms with E-state index in [-0.39, 0.29) is 12.0 Å². The van der Waals surface area contributed by atoms with Crippen LogP contribution in [0, 0.1) is 0 Å². The molecular weight excluding hydrogens is 280 g/mol. The molecule has 0 spiro atoms. The minimum Gasteiger partial charge on any atom is -0.464 e. The standard InChI is InChI=1S/C17H26N2O3/c1-3-22-17(20)14(2)18-16-6-4-15(5-7-16)8-9-19-10-12-21-13-11-19/h4-7,14,18H,3,8-13H2,1-2H3/t14-/m0/s1. The summed E-state index contributed by atoms with van der Waals surface area (Å²) in [6.07, 6.45) is 1.04. The van der Waals surface area contributed by atoms with Gasteiger partial charge in [-0.2, -0.15) is 0 Å². The number of nitrogens with one attached hydrogen (secondary N) is 1. The molecule has 0 aliphatic carbocycles. The number of carbonyl (C=O) groups is 1. The number of morpholine rings is 1. The third-order valence-corrected chi connectivity index (χ3v) is 3.80. The van der Waals surface area contributed by atoms with Crippen molar-refractivity contribution in [3.8, 4) is 0 Å². The van der Waals surface area contributed by atoms with Gasteiger partial charge in [-0.25, -0.2) is 4.79 Å². The second kappa shape index (κ2) is 8.76. The lowest BCUT2D eigenvalue weighted by Gasteiger charge is -2.26. The molecule has 0 saturated carbocycles. The van der Waals surface area contributed by atoms with Crippen LogP contribution >= 0.6 is 0 Å². The second-order valence-electron chi connectivity index (χ2n) is 5.52. The zero-order valence-corrected chi connectivity index (χ0v) is 13.5. The highest BCUT2D eigenvalue weighted by atomic mass is 16.5. The van der Waals surface area contributed by atoms with E-state index >= 15 is 0 Å². The summed E-state index contributed by atoms with van der Waals surface area (Å²) in [5, 5.41) is 3.16. The van der Waals surface area contributed by atoms with E-state index in [1.165, 1.54) is 5.56 Å². The highest BCUT2D eigenvalue weighted by Crippen LogP contribution is 2.12. The van der Waals surface area contributed by atoms with Gasteiger partial charge in [0.15, 0.2) is 0 Å². The van der Waals surface area contributed by atoms with Gasteiger partial charge < -0.3 is 14.8 Å². The molecule has 22 heavy (non-hydrogen) atoms. The molecule has 2 rings (SSSR count). The molecule has 1 fully saturated rings. The van der Waals surface area contributed by atoms with Crippen molar-refractivity contribution < 1.29 is 14.3 Å². The molecule has 5 heteroatoms. The Morgan fingerprint density at radius 3 is 2.64 bits per heavy atom. The highest BCUT2D eigenvalue weighted by Gasteiger charge is 2.13. The maximum absolute atomic E-state index is 11.6. The summed E-state index contributed by atoms with van der Waals surface area (Å²) in [5.41, 5.74) is 2.25. The van der Waals surface area contributed by atoms with Crippen LogP contribution in [0.25, 0.3) is 0 Å². The molecule has 1 N–H and O–H groups in total. The molecule has 122 valence electrons. The van der Waals surface area contributed by atoms with Crippen molar-refractivity contribution in [2.75, 3.05) is 44.8 Å². The average Bonchev–Trinajstić information content (AvgIpc) is 2.55. The molecule has 1 heterocycles. The van der Waals surface area contributed by atoms with Gasteiger partial charge >= 0.3 is 5.97 Å². The topological polar surface area (TPSA) is 50.8 Å². The normalized spacial score (nSPS) is 17.0. The fourth-order valence-corrected chi connectivity index (χ4v) is 2.46. The SMILES string of the molecule is CCOC(=O)[C@H](C)Nc1ccc(CCN2CCOCC2)cc1. The third kappa shape index (κ3) is 5.31. The Bertz CT molecular complexity index is 455. The lowest BCUT2D eigenvalue weighted by Crippen LogP contribution is -2.37. The van der Waals surface area contributed by atoms with Crippen LogP contribution in [0.2, 0.25) is 0 Å². The Morgan fingerprint density at radius 1 is 1.32 bits per heavy atom.